The van der Waals surface area contributed by atoms with Gasteiger partial charge in [0.2, 0.25) is 5.95 Å². The molecule has 1 fully saturated rings. The van der Waals surface area contributed by atoms with E-state index in [9.17, 15) is 14.3 Å². The van der Waals surface area contributed by atoms with Gasteiger partial charge < -0.3 is 15.3 Å². The van der Waals surface area contributed by atoms with Crippen LogP contribution in [0.2, 0.25) is 0 Å². The third-order valence-electron chi connectivity index (χ3n) is 5.74. The molecule has 2 aromatic rings. The lowest BCUT2D eigenvalue weighted by atomic mass is 9.92. The van der Waals surface area contributed by atoms with E-state index in [-0.39, 0.29) is 24.4 Å². The number of hydrogen-bond acceptors (Lipinski definition) is 5. The van der Waals surface area contributed by atoms with Gasteiger partial charge in [-0.05, 0) is 62.3 Å². The Balaban J connectivity index is 1.47. The molecule has 1 amide bonds. The molecule has 1 saturated heterocycles. The van der Waals surface area contributed by atoms with Gasteiger partial charge in [-0.3, -0.25) is 4.79 Å². The van der Waals surface area contributed by atoms with Crippen molar-refractivity contribution in [2.45, 2.75) is 38.1 Å². The van der Waals surface area contributed by atoms with Crippen molar-refractivity contribution >= 4 is 11.9 Å². The maximum atomic E-state index is 13.1. The molecule has 1 aliphatic heterocycles. The van der Waals surface area contributed by atoms with Crippen molar-refractivity contribution < 1.29 is 14.3 Å². The first-order valence-corrected chi connectivity index (χ1v) is 9.92. The molecule has 2 N–H and O–H groups in total. The molecule has 1 aliphatic carbocycles. The van der Waals surface area contributed by atoms with Gasteiger partial charge in [0.05, 0.1) is 11.7 Å². The zero-order valence-electron chi connectivity index (χ0n) is 15.8. The fourth-order valence-electron chi connectivity index (χ4n) is 4.00. The maximum Gasteiger partial charge on any atom is 0.251 e. The van der Waals surface area contributed by atoms with E-state index in [4.69, 9.17) is 4.98 Å². The third-order valence-corrected chi connectivity index (χ3v) is 5.74. The topological polar surface area (TPSA) is 78.4 Å². The number of rotatable bonds is 4. The van der Waals surface area contributed by atoms with E-state index in [1.165, 1.54) is 24.3 Å². The highest BCUT2D eigenvalue weighted by molar-refractivity contribution is 5.94. The minimum atomic E-state index is -0.358. The van der Waals surface area contributed by atoms with Crippen molar-refractivity contribution in [2.75, 3.05) is 24.6 Å². The number of nitrogens with zero attached hydrogens (tertiary/aromatic N) is 3. The summed E-state index contributed by atoms with van der Waals surface area (Å²) in [7, 11) is 0. The van der Waals surface area contributed by atoms with Gasteiger partial charge in [-0.25, -0.2) is 14.4 Å². The Bertz CT molecular complexity index is 835. The summed E-state index contributed by atoms with van der Waals surface area (Å²) in [6.45, 7) is 1.96. The maximum absolute atomic E-state index is 13.1. The van der Waals surface area contributed by atoms with Crippen LogP contribution in [0.1, 0.15) is 53.3 Å². The SMILES string of the molecule is O=C(NC1CCCc2nc(N3CCC(CO)CC3)ncc21)c1ccc(F)cc1. The molecule has 2 aliphatic rings. The van der Waals surface area contributed by atoms with Gasteiger partial charge in [0.25, 0.3) is 5.91 Å². The van der Waals surface area contributed by atoms with Crippen molar-refractivity contribution in [3.05, 3.63) is 53.1 Å². The minimum Gasteiger partial charge on any atom is -0.396 e. The van der Waals surface area contributed by atoms with E-state index in [2.05, 4.69) is 15.2 Å². The molecule has 0 spiro atoms. The normalized spacial score (nSPS) is 19.9. The van der Waals surface area contributed by atoms with Gasteiger partial charge in [-0.15, -0.1) is 0 Å². The quantitative estimate of drug-likeness (QED) is 0.847. The number of piperidine rings is 1. The van der Waals surface area contributed by atoms with Gasteiger partial charge in [0, 0.05) is 37.0 Å². The second-order valence-electron chi connectivity index (χ2n) is 7.61. The van der Waals surface area contributed by atoms with Crippen LogP contribution in [0.3, 0.4) is 0 Å². The summed E-state index contributed by atoms with van der Waals surface area (Å²) in [5.74, 6) is 0.539. The van der Waals surface area contributed by atoms with Gasteiger partial charge in [0.15, 0.2) is 0 Å². The average Bonchev–Trinajstić information content (AvgIpc) is 2.74. The summed E-state index contributed by atoms with van der Waals surface area (Å²) >= 11 is 0. The monoisotopic (exact) mass is 384 g/mol. The predicted octanol–water partition coefficient (Wildman–Crippen LogP) is 2.63. The second-order valence-corrected chi connectivity index (χ2v) is 7.61. The number of anilines is 1. The molecule has 28 heavy (non-hydrogen) atoms. The first-order valence-electron chi connectivity index (χ1n) is 9.92. The first kappa shape index (κ1) is 18.8. The lowest BCUT2D eigenvalue weighted by molar-refractivity contribution is 0.0932. The number of carbonyl (C=O) groups is 1. The zero-order valence-corrected chi connectivity index (χ0v) is 15.8. The summed E-state index contributed by atoms with van der Waals surface area (Å²) in [6.07, 6.45) is 6.40. The van der Waals surface area contributed by atoms with E-state index in [0.29, 0.717) is 11.5 Å². The fourth-order valence-corrected chi connectivity index (χ4v) is 4.00. The lowest BCUT2D eigenvalue weighted by Gasteiger charge is -2.32. The van der Waals surface area contributed by atoms with E-state index in [1.807, 2.05) is 6.20 Å². The van der Waals surface area contributed by atoms with Crippen molar-refractivity contribution in [2.24, 2.45) is 5.92 Å². The smallest absolute Gasteiger partial charge is 0.251 e. The Kier molecular flexibility index (Phi) is 5.52. The molecule has 7 heteroatoms. The molecule has 0 saturated carbocycles. The Morgan fingerprint density at radius 3 is 2.68 bits per heavy atom. The van der Waals surface area contributed by atoms with Gasteiger partial charge in [-0.1, -0.05) is 0 Å². The van der Waals surface area contributed by atoms with Crippen LogP contribution in [0.15, 0.2) is 30.5 Å². The van der Waals surface area contributed by atoms with Crippen LogP contribution in [0.5, 0.6) is 0 Å². The highest BCUT2D eigenvalue weighted by Gasteiger charge is 2.26. The summed E-state index contributed by atoms with van der Waals surface area (Å²) in [4.78, 5) is 24.0. The number of benzene rings is 1. The largest absolute Gasteiger partial charge is 0.396 e. The van der Waals surface area contributed by atoms with E-state index < -0.39 is 0 Å². The molecule has 0 radical (unpaired) electrons. The van der Waals surface area contributed by atoms with Crippen LogP contribution < -0.4 is 10.2 Å². The third kappa shape index (κ3) is 3.99. The molecule has 1 atom stereocenters. The number of hydrogen-bond donors (Lipinski definition) is 2. The van der Waals surface area contributed by atoms with Gasteiger partial charge >= 0.3 is 0 Å². The van der Waals surface area contributed by atoms with Crippen LogP contribution in [0.25, 0.3) is 0 Å². The summed E-state index contributed by atoms with van der Waals surface area (Å²) in [6, 6.07) is 5.43. The fraction of sp³-hybridized carbons (Fsp3) is 0.476. The number of aliphatic hydroxyl groups excluding tert-OH is 1. The van der Waals surface area contributed by atoms with Crippen LogP contribution >= 0.6 is 0 Å². The number of carbonyl (C=O) groups excluding carboxylic acids is 1. The van der Waals surface area contributed by atoms with Gasteiger partial charge in [0.1, 0.15) is 5.82 Å². The number of aromatic nitrogens is 2. The Morgan fingerprint density at radius 2 is 1.96 bits per heavy atom. The molecule has 2 heterocycles. The van der Waals surface area contributed by atoms with E-state index in [0.717, 1.165) is 62.4 Å². The van der Waals surface area contributed by atoms with Crippen molar-refractivity contribution in [3.63, 3.8) is 0 Å². The van der Waals surface area contributed by atoms with Gasteiger partial charge in [-0.2, -0.15) is 0 Å². The molecule has 1 aromatic heterocycles. The number of aryl methyl sites for hydroxylation is 1. The van der Waals surface area contributed by atoms with Crippen molar-refractivity contribution in [1.82, 2.24) is 15.3 Å². The molecule has 148 valence electrons. The molecular weight excluding hydrogens is 359 g/mol. The minimum absolute atomic E-state index is 0.129. The number of amides is 1. The highest BCUT2D eigenvalue weighted by atomic mass is 19.1. The summed E-state index contributed by atoms with van der Waals surface area (Å²) in [5, 5.41) is 12.3. The average molecular weight is 384 g/mol. The molecule has 6 nitrogen and oxygen atoms in total. The van der Waals surface area contributed by atoms with Crippen molar-refractivity contribution in [1.29, 1.82) is 0 Å². The molecule has 4 rings (SSSR count). The molecule has 0 bridgehead atoms. The van der Waals surface area contributed by atoms with Crippen LogP contribution in [0.4, 0.5) is 10.3 Å². The van der Waals surface area contributed by atoms with E-state index in [1.54, 1.807) is 0 Å². The molecule has 1 aromatic carbocycles. The Labute approximate surface area is 163 Å². The van der Waals surface area contributed by atoms with E-state index >= 15 is 0 Å². The number of aliphatic hydroxyl groups is 1. The summed E-state index contributed by atoms with van der Waals surface area (Å²) in [5.41, 5.74) is 2.40. The first-order chi connectivity index (χ1) is 13.6. The second kappa shape index (κ2) is 8.22. The van der Waals surface area contributed by atoms with Crippen LogP contribution in [-0.4, -0.2) is 40.7 Å². The number of nitrogens with one attached hydrogen (secondary N) is 1. The van der Waals surface area contributed by atoms with Crippen LogP contribution in [0, 0.1) is 11.7 Å². The Morgan fingerprint density at radius 1 is 1.21 bits per heavy atom. The summed E-state index contributed by atoms with van der Waals surface area (Å²) < 4.78 is 13.1. The molecule has 1 unspecified atom stereocenters. The predicted molar refractivity (Wildman–Crippen MR) is 104 cm³/mol. The molecular formula is C21H25FN4O2. The standard InChI is InChI=1S/C21H25FN4O2/c22-16-6-4-15(5-7-16)20(28)24-18-2-1-3-19-17(18)12-23-21(25-19)26-10-8-14(13-27)9-11-26/h4-7,12,14,18,27H,1-3,8-11,13H2,(H,24,28). The number of fused-ring (bicyclic) bond motifs is 1. The number of halogens is 1. The van der Waals surface area contributed by atoms with Crippen LogP contribution in [-0.2, 0) is 6.42 Å². The highest BCUT2D eigenvalue weighted by Crippen LogP contribution is 2.30. The van der Waals surface area contributed by atoms with Crippen molar-refractivity contribution in [3.8, 4) is 0 Å². The zero-order chi connectivity index (χ0) is 19.5. The lowest BCUT2D eigenvalue weighted by Crippen LogP contribution is -2.36. The Hall–Kier alpha value is -2.54.